The van der Waals surface area contributed by atoms with E-state index in [1.54, 1.807) is 18.2 Å². The number of aromatic nitrogens is 5. The minimum absolute atomic E-state index is 0.00599. The molecule has 0 bridgehead atoms. The predicted octanol–water partition coefficient (Wildman–Crippen LogP) is 4.51. The van der Waals surface area contributed by atoms with Crippen molar-refractivity contribution in [3.8, 4) is 5.69 Å². The molecule has 0 aliphatic rings. The third kappa shape index (κ3) is 3.01. The molecule has 0 atom stereocenters. The van der Waals surface area contributed by atoms with E-state index in [0.717, 1.165) is 29.0 Å². The summed E-state index contributed by atoms with van der Waals surface area (Å²) in [5.74, 6) is -1.35. The van der Waals surface area contributed by atoms with Crippen LogP contribution in [0.5, 0.6) is 0 Å². The monoisotopic (exact) mass is 442 g/mol. The topological polar surface area (TPSA) is 105 Å². The lowest BCUT2D eigenvalue weighted by Gasteiger charge is -2.08. The SMILES string of the molecule is Cc1nc2ccc(-n3ncc(C(=O)c4cc5c(C(F)(F)F)c(F)ccc5[nH]4)c3N)cc2[nH]1. The molecule has 0 aliphatic heterocycles. The number of halogens is 4. The summed E-state index contributed by atoms with van der Waals surface area (Å²) in [7, 11) is 0. The molecule has 3 aromatic heterocycles. The van der Waals surface area contributed by atoms with Gasteiger partial charge in [-0.05, 0) is 43.3 Å². The van der Waals surface area contributed by atoms with Gasteiger partial charge < -0.3 is 15.7 Å². The van der Waals surface area contributed by atoms with Gasteiger partial charge in [0.1, 0.15) is 23.0 Å². The Morgan fingerprint density at radius 1 is 1.09 bits per heavy atom. The molecular formula is C21H14F4N6O. The normalized spacial score (nSPS) is 12.2. The predicted molar refractivity (Wildman–Crippen MR) is 109 cm³/mol. The van der Waals surface area contributed by atoms with Gasteiger partial charge in [0.05, 0.1) is 34.2 Å². The molecule has 3 heterocycles. The number of aryl methyl sites for hydroxylation is 1. The van der Waals surface area contributed by atoms with Crippen LogP contribution in [0.25, 0.3) is 27.6 Å². The number of nitrogens with zero attached hydrogens (tertiary/aromatic N) is 3. The van der Waals surface area contributed by atoms with Crippen LogP contribution in [0.15, 0.2) is 42.6 Å². The quantitative estimate of drug-likeness (QED) is 0.282. The number of hydrogen-bond acceptors (Lipinski definition) is 4. The molecule has 0 fully saturated rings. The zero-order chi connectivity index (χ0) is 22.8. The molecule has 5 rings (SSSR count). The van der Waals surface area contributed by atoms with Crippen LogP contribution in [0.3, 0.4) is 0 Å². The minimum atomic E-state index is -4.92. The summed E-state index contributed by atoms with van der Waals surface area (Å²) in [5.41, 5.74) is 6.58. The van der Waals surface area contributed by atoms with Crippen LogP contribution in [0.1, 0.15) is 27.4 Å². The highest BCUT2D eigenvalue weighted by Crippen LogP contribution is 2.37. The van der Waals surface area contributed by atoms with Crippen LogP contribution in [0.4, 0.5) is 23.4 Å². The summed E-state index contributed by atoms with van der Waals surface area (Å²) < 4.78 is 55.1. The fourth-order valence-electron chi connectivity index (χ4n) is 3.73. The second-order valence-corrected chi connectivity index (χ2v) is 7.27. The van der Waals surface area contributed by atoms with Crippen molar-refractivity contribution in [1.29, 1.82) is 0 Å². The standard InChI is InChI=1S/C21H14F4N6O/c1-9-28-15-4-2-10(6-16(15)29-9)31-20(26)12(8-27-31)19(32)17-7-11-14(30-17)5-3-13(22)18(11)21(23,24)25/h2-8,30H,26H2,1H3,(H,28,29). The van der Waals surface area contributed by atoms with Gasteiger partial charge in [0.25, 0.3) is 0 Å². The lowest BCUT2D eigenvalue weighted by molar-refractivity contribution is -0.138. The van der Waals surface area contributed by atoms with Crippen LogP contribution in [-0.2, 0) is 6.18 Å². The Morgan fingerprint density at radius 3 is 2.62 bits per heavy atom. The van der Waals surface area contributed by atoms with E-state index in [-0.39, 0.29) is 22.6 Å². The van der Waals surface area contributed by atoms with Gasteiger partial charge >= 0.3 is 6.18 Å². The van der Waals surface area contributed by atoms with Gasteiger partial charge in [0, 0.05) is 10.9 Å². The first kappa shape index (κ1) is 19.8. The number of ketones is 1. The molecule has 7 nitrogen and oxygen atoms in total. The van der Waals surface area contributed by atoms with E-state index >= 15 is 0 Å². The van der Waals surface area contributed by atoms with Crippen molar-refractivity contribution in [3.05, 3.63) is 71.1 Å². The Bertz CT molecular complexity index is 1520. The van der Waals surface area contributed by atoms with Gasteiger partial charge in [-0.3, -0.25) is 4.79 Å². The van der Waals surface area contributed by atoms with Crippen LogP contribution >= 0.6 is 0 Å². The van der Waals surface area contributed by atoms with Crippen molar-refractivity contribution in [1.82, 2.24) is 24.7 Å². The Morgan fingerprint density at radius 2 is 1.88 bits per heavy atom. The van der Waals surface area contributed by atoms with E-state index in [9.17, 15) is 22.4 Å². The minimum Gasteiger partial charge on any atom is -0.383 e. The number of imidazole rings is 1. The number of H-pyrrole nitrogens is 2. The molecule has 11 heteroatoms. The van der Waals surface area contributed by atoms with Crippen molar-refractivity contribution in [2.24, 2.45) is 0 Å². The van der Waals surface area contributed by atoms with E-state index in [4.69, 9.17) is 5.73 Å². The Kier molecular flexibility index (Phi) is 4.13. The third-order valence-electron chi connectivity index (χ3n) is 5.16. The highest BCUT2D eigenvalue weighted by atomic mass is 19.4. The molecule has 5 aromatic rings. The second-order valence-electron chi connectivity index (χ2n) is 7.27. The Labute approximate surface area is 176 Å². The van der Waals surface area contributed by atoms with E-state index in [1.165, 1.54) is 10.9 Å². The molecule has 4 N–H and O–H groups in total. The van der Waals surface area contributed by atoms with Crippen LogP contribution < -0.4 is 5.73 Å². The largest absolute Gasteiger partial charge is 0.419 e. The Balaban J connectivity index is 1.57. The second kappa shape index (κ2) is 6.67. The van der Waals surface area contributed by atoms with Gasteiger partial charge in [-0.15, -0.1) is 0 Å². The van der Waals surface area contributed by atoms with Gasteiger partial charge in [0.15, 0.2) is 0 Å². The molecule has 32 heavy (non-hydrogen) atoms. The first-order valence-electron chi connectivity index (χ1n) is 9.37. The molecule has 0 spiro atoms. The summed E-state index contributed by atoms with van der Waals surface area (Å²) in [6.45, 7) is 1.81. The van der Waals surface area contributed by atoms with Crippen molar-refractivity contribution in [3.63, 3.8) is 0 Å². The number of hydrogen-bond donors (Lipinski definition) is 3. The van der Waals surface area contributed by atoms with Crippen molar-refractivity contribution >= 4 is 33.5 Å². The van der Waals surface area contributed by atoms with Crippen molar-refractivity contribution in [2.75, 3.05) is 5.73 Å². The number of nitrogens with two attached hydrogens (primary N) is 1. The average molecular weight is 442 g/mol. The number of aromatic amines is 2. The highest BCUT2D eigenvalue weighted by Gasteiger charge is 2.37. The lowest BCUT2D eigenvalue weighted by Crippen LogP contribution is -2.08. The number of anilines is 1. The molecule has 0 unspecified atom stereocenters. The number of nitrogens with one attached hydrogen (secondary N) is 2. The number of carbonyl (C=O) groups is 1. The molecule has 2 aromatic carbocycles. The first-order valence-corrected chi connectivity index (χ1v) is 9.37. The van der Waals surface area contributed by atoms with E-state index in [2.05, 4.69) is 20.1 Å². The summed E-state index contributed by atoms with van der Waals surface area (Å²) in [4.78, 5) is 23.0. The maximum atomic E-state index is 13.9. The number of alkyl halides is 3. The summed E-state index contributed by atoms with van der Waals surface area (Å²) in [5, 5.41) is 3.72. The highest BCUT2D eigenvalue weighted by molar-refractivity contribution is 6.12. The van der Waals surface area contributed by atoms with E-state index in [0.29, 0.717) is 11.8 Å². The summed E-state index contributed by atoms with van der Waals surface area (Å²) in [6, 6.07) is 8.07. The number of rotatable bonds is 3. The van der Waals surface area contributed by atoms with Crippen LogP contribution in [-0.4, -0.2) is 30.5 Å². The maximum absolute atomic E-state index is 13.9. The molecular weight excluding hydrogens is 428 g/mol. The fourth-order valence-corrected chi connectivity index (χ4v) is 3.73. The van der Waals surface area contributed by atoms with Gasteiger partial charge in [-0.2, -0.15) is 18.3 Å². The third-order valence-corrected chi connectivity index (χ3v) is 5.16. The number of carbonyl (C=O) groups excluding carboxylic acids is 1. The number of benzene rings is 2. The molecule has 0 radical (unpaired) electrons. The molecule has 0 saturated carbocycles. The van der Waals surface area contributed by atoms with Crippen LogP contribution in [0, 0.1) is 12.7 Å². The Hall–Kier alpha value is -4.15. The van der Waals surface area contributed by atoms with Gasteiger partial charge in [0.2, 0.25) is 5.78 Å². The van der Waals surface area contributed by atoms with E-state index < -0.39 is 28.7 Å². The summed E-state index contributed by atoms with van der Waals surface area (Å²) >= 11 is 0. The molecule has 0 amide bonds. The van der Waals surface area contributed by atoms with Crippen molar-refractivity contribution < 1.29 is 22.4 Å². The smallest absolute Gasteiger partial charge is 0.383 e. The van der Waals surface area contributed by atoms with Crippen LogP contribution in [0.2, 0.25) is 0 Å². The van der Waals surface area contributed by atoms with Gasteiger partial charge in [-0.1, -0.05) is 0 Å². The lowest BCUT2D eigenvalue weighted by atomic mass is 10.1. The summed E-state index contributed by atoms with van der Waals surface area (Å²) in [6.07, 6.45) is -3.68. The molecule has 0 aliphatic carbocycles. The number of fused-ring (bicyclic) bond motifs is 2. The first-order chi connectivity index (χ1) is 15.1. The van der Waals surface area contributed by atoms with Crippen molar-refractivity contribution in [2.45, 2.75) is 13.1 Å². The molecule has 0 saturated heterocycles. The van der Waals surface area contributed by atoms with E-state index in [1.807, 2.05) is 6.92 Å². The van der Waals surface area contributed by atoms with Gasteiger partial charge in [-0.25, -0.2) is 14.1 Å². The maximum Gasteiger partial charge on any atom is 0.419 e. The zero-order valence-corrected chi connectivity index (χ0v) is 16.4. The zero-order valence-electron chi connectivity index (χ0n) is 16.4. The number of nitrogen functional groups attached to an aromatic ring is 1. The fraction of sp³-hybridized carbons (Fsp3) is 0.0952. The average Bonchev–Trinajstić information content (AvgIpc) is 3.41. The molecule has 162 valence electrons.